The highest BCUT2D eigenvalue weighted by Gasteiger charge is 2.33. The number of allylic oxidation sites excluding steroid dienone is 1. The van der Waals surface area contributed by atoms with E-state index in [1.165, 1.54) is 18.4 Å². The highest BCUT2D eigenvalue weighted by Crippen LogP contribution is 2.31. The Hall–Kier alpha value is -3.94. The van der Waals surface area contributed by atoms with E-state index in [0.717, 1.165) is 16.7 Å². The predicted molar refractivity (Wildman–Crippen MR) is 149 cm³/mol. The lowest BCUT2D eigenvalue weighted by Crippen LogP contribution is -2.40. The number of esters is 1. The summed E-state index contributed by atoms with van der Waals surface area (Å²) in [5.41, 5.74) is 3.43. The van der Waals surface area contributed by atoms with Crippen molar-refractivity contribution in [3.63, 3.8) is 0 Å². The molecule has 6 nitrogen and oxygen atoms in total. The number of rotatable bonds is 7. The van der Waals surface area contributed by atoms with E-state index in [1.54, 1.807) is 4.57 Å². The minimum absolute atomic E-state index is 0.216. The molecule has 0 N–H and O–H groups in total. The fourth-order valence-electron chi connectivity index (χ4n) is 4.41. The molecule has 0 saturated carbocycles. The minimum atomic E-state index is -0.619. The Labute approximate surface area is 228 Å². The molecule has 0 radical (unpaired) electrons. The lowest BCUT2D eigenvalue weighted by Gasteiger charge is -2.25. The molecule has 5 rings (SSSR count). The van der Waals surface area contributed by atoms with Gasteiger partial charge in [-0.3, -0.25) is 9.36 Å². The number of fused-ring (bicyclic) bond motifs is 1. The highest BCUT2D eigenvalue weighted by molar-refractivity contribution is 7.07. The maximum absolute atomic E-state index is 13.7. The van der Waals surface area contributed by atoms with Gasteiger partial charge in [-0.25, -0.2) is 9.79 Å². The van der Waals surface area contributed by atoms with Gasteiger partial charge in [0.25, 0.3) is 5.56 Å². The second kappa shape index (κ2) is 11.2. The summed E-state index contributed by atoms with van der Waals surface area (Å²) < 4.78 is 13.2. The van der Waals surface area contributed by atoms with Crippen LogP contribution in [0.2, 0.25) is 5.02 Å². The number of halogens is 1. The average molecular weight is 545 g/mol. The van der Waals surface area contributed by atoms with Crippen LogP contribution in [0.3, 0.4) is 0 Å². The standard InChI is InChI=1S/C30H25ClN2O4S/c1-3-24-26(29(35)36-2)27(21-9-5-4-6-10-21)33-28(34)25(38-30(33)32-24)17-20-8-7-11-23(16-20)37-18-19-12-14-22(31)15-13-19/h4-17,27H,3,18H2,1-2H3/b25-17+/t27-/m1/s1. The number of benzene rings is 3. The molecule has 1 aliphatic heterocycles. The zero-order valence-corrected chi connectivity index (χ0v) is 22.5. The highest BCUT2D eigenvalue weighted by atomic mass is 35.5. The van der Waals surface area contributed by atoms with Crippen LogP contribution >= 0.6 is 22.9 Å². The van der Waals surface area contributed by atoms with Gasteiger partial charge in [0.1, 0.15) is 12.4 Å². The summed E-state index contributed by atoms with van der Waals surface area (Å²) in [6.45, 7) is 2.34. The first-order valence-corrected chi connectivity index (χ1v) is 13.3. The second-order valence-corrected chi connectivity index (χ2v) is 10.1. The topological polar surface area (TPSA) is 69.9 Å². The summed E-state index contributed by atoms with van der Waals surface area (Å²) >= 11 is 7.27. The summed E-state index contributed by atoms with van der Waals surface area (Å²) in [7, 11) is 1.35. The van der Waals surface area contributed by atoms with E-state index in [4.69, 9.17) is 26.1 Å². The van der Waals surface area contributed by atoms with Crippen molar-refractivity contribution in [3.05, 3.63) is 132 Å². The molecule has 0 unspecified atom stereocenters. The Morgan fingerprint density at radius 2 is 1.84 bits per heavy atom. The lowest BCUT2D eigenvalue weighted by atomic mass is 9.95. The molecule has 0 saturated heterocycles. The number of carbonyl (C=O) groups excluding carboxylic acids is 1. The van der Waals surface area contributed by atoms with Gasteiger partial charge in [-0.1, -0.05) is 84.5 Å². The molecule has 1 aliphatic rings. The molecule has 1 aromatic heterocycles. The number of nitrogens with zero attached hydrogens (tertiary/aromatic N) is 2. The molecule has 0 amide bonds. The molecule has 192 valence electrons. The largest absolute Gasteiger partial charge is 0.489 e. The summed E-state index contributed by atoms with van der Waals surface area (Å²) in [5, 5.41) is 0.677. The summed E-state index contributed by atoms with van der Waals surface area (Å²) in [4.78, 5) is 31.9. The van der Waals surface area contributed by atoms with Crippen LogP contribution in [0.4, 0.5) is 0 Å². The molecule has 4 aromatic rings. The van der Waals surface area contributed by atoms with E-state index in [1.807, 2.05) is 91.9 Å². The number of methoxy groups -OCH3 is 1. The Kier molecular flexibility index (Phi) is 7.58. The fraction of sp³-hybridized carbons (Fsp3) is 0.167. The van der Waals surface area contributed by atoms with Crippen LogP contribution < -0.4 is 19.6 Å². The summed E-state index contributed by atoms with van der Waals surface area (Å²) in [6.07, 6.45) is 2.36. The van der Waals surface area contributed by atoms with Crippen LogP contribution in [0.5, 0.6) is 5.75 Å². The smallest absolute Gasteiger partial charge is 0.338 e. The Balaban J connectivity index is 1.55. The fourth-order valence-corrected chi connectivity index (χ4v) is 5.55. The van der Waals surface area contributed by atoms with Crippen LogP contribution in [-0.2, 0) is 16.1 Å². The molecule has 0 aliphatic carbocycles. The Morgan fingerprint density at radius 3 is 2.55 bits per heavy atom. The van der Waals surface area contributed by atoms with Crippen LogP contribution in [0, 0.1) is 0 Å². The van der Waals surface area contributed by atoms with Gasteiger partial charge in [0.2, 0.25) is 0 Å². The van der Waals surface area contributed by atoms with Gasteiger partial charge < -0.3 is 9.47 Å². The zero-order valence-electron chi connectivity index (χ0n) is 20.9. The van der Waals surface area contributed by atoms with Crippen molar-refractivity contribution >= 4 is 35.0 Å². The quantitative estimate of drug-likeness (QED) is 0.306. The summed E-state index contributed by atoms with van der Waals surface area (Å²) in [6, 6.07) is 23.9. The first-order chi connectivity index (χ1) is 18.5. The van der Waals surface area contributed by atoms with Crippen molar-refractivity contribution in [1.82, 2.24) is 4.57 Å². The van der Waals surface area contributed by atoms with Crippen LogP contribution in [0.25, 0.3) is 6.08 Å². The third-order valence-electron chi connectivity index (χ3n) is 6.24. The molecule has 2 heterocycles. The predicted octanol–water partition coefficient (Wildman–Crippen LogP) is 5.03. The summed E-state index contributed by atoms with van der Waals surface area (Å²) in [5.74, 6) is 0.198. The number of carbonyl (C=O) groups is 1. The SMILES string of the molecule is CCC1=C(C(=O)OC)[C@@H](c2ccccc2)n2c(s/c(=C/c3cccc(OCc4ccc(Cl)cc4)c3)c2=O)=N1. The molecule has 0 bridgehead atoms. The average Bonchev–Trinajstić information content (AvgIpc) is 3.26. The van der Waals surface area contributed by atoms with Crippen molar-refractivity contribution in [2.45, 2.75) is 26.0 Å². The molecule has 0 spiro atoms. The molecule has 1 atom stereocenters. The minimum Gasteiger partial charge on any atom is -0.489 e. The van der Waals surface area contributed by atoms with Crippen molar-refractivity contribution in [3.8, 4) is 5.75 Å². The third kappa shape index (κ3) is 5.21. The van der Waals surface area contributed by atoms with E-state index in [0.29, 0.717) is 44.4 Å². The first-order valence-electron chi connectivity index (χ1n) is 12.1. The molecule has 3 aromatic carbocycles. The Morgan fingerprint density at radius 1 is 1.08 bits per heavy atom. The number of thiazole rings is 1. The zero-order chi connectivity index (χ0) is 26.6. The molecule has 8 heteroatoms. The van der Waals surface area contributed by atoms with Crippen molar-refractivity contribution < 1.29 is 14.3 Å². The maximum Gasteiger partial charge on any atom is 0.338 e. The van der Waals surface area contributed by atoms with Crippen molar-refractivity contribution in [2.24, 2.45) is 4.99 Å². The number of hydrogen-bond donors (Lipinski definition) is 0. The molecular weight excluding hydrogens is 520 g/mol. The van der Waals surface area contributed by atoms with Gasteiger partial charge in [0.05, 0.1) is 29.0 Å². The van der Waals surface area contributed by atoms with Gasteiger partial charge in [0, 0.05) is 5.02 Å². The van der Waals surface area contributed by atoms with Gasteiger partial charge in [-0.15, -0.1) is 0 Å². The normalized spacial score (nSPS) is 15.1. The van der Waals surface area contributed by atoms with Gasteiger partial charge in [-0.2, -0.15) is 0 Å². The first kappa shape index (κ1) is 25.7. The van der Waals surface area contributed by atoms with E-state index in [2.05, 4.69) is 0 Å². The van der Waals surface area contributed by atoms with Crippen LogP contribution in [0.15, 0.2) is 99.9 Å². The second-order valence-electron chi connectivity index (χ2n) is 8.69. The van der Waals surface area contributed by atoms with Crippen molar-refractivity contribution in [1.29, 1.82) is 0 Å². The number of hydrogen-bond acceptors (Lipinski definition) is 6. The van der Waals surface area contributed by atoms with Crippen LogP contribution in [0.1, 0.15) is 36.1 Å². The van der Waals surface area contributed by atoms with Crippen LogP contribution in [-0.4, -0.2) is 17.6 Å². The van der Waals surface area contributed by atoms with Gasteiger partial charge >= 0.3 is 5.97 Å². The number of aromatic nitrogens is 1. The van der Waals surface area contributed by atoms with E-state index in [9.17, 15) is 9.59 Å². The van der Waals surface area contributed by atoms with Crippen molar-refractivity contribution in [2.75, 3.05) is 7.11 Å². The molecule has 38 heavy (non-hydrogen) atoms. The lowest BCUT2D eigenvalue weighted by molar-refractivity contribution is -0.136. The van der Waals surface area contributed by atoms with Gasteiger partial charge in [-0.05, 0) is 53.5 Å². The van der Waals surface area contributed by atoms with E-state index < -0.39 is 12.0 Å². The molecule has 0 fully saturated rings. The van der Waals surface area contributed by atoms with E-state index in [-0.39, 0.29) is 5.56 Å². The number of ether oxygens (including phenoxy) is 2. The maximum atomic E-state index is 13.7. The molecular formula is C30H25ClN2O4S. The Bertz CT molecular complexity index is 1690. The monoisotopic (exact) mass is 544 g/mol. The third-order valence-corrected chi connectivity index (χ3v) is 7.48. The van der Waals surface area contributed by atoms with Gasteiger partial charge in [0.15, 0.2) is 4.80 Å². The van der Waals surface area contributed by atoms with E-state index >= 15 is 0 Å².